The van der Waals surface area contributed by atoms with Crippen LogP contribution in [0.5, 0.6) is 0 Å². The third kappa shape index (κ3) is 9.43. The number of allylic oxidation sites excluding steroid dienone is 1. The van der Waals surface area contributed by atoms with Crippen LogP contribution in [0.3, 0.4) is 0 Å². The lowest BCUT2D eigenvalue weighted by atomic mass is 9.89. The van der Waals surface area contributed by atoms with E-state index in [1.54, 1.807) is 0 Å². The number of benzene rings is 3. The van der Waals surface area contributed by atoms with E-state index in [0.717, 1.165) is 30.6 Å². The van der Waals surface area contributed by atoms with Crippen LogP contribution in [0, 0.1) is 0 Å². The van der Waals surface area contributed by atoms with E-state index in [9.17, 15) is 0 Å². The first-order chi connectivity index (χ1) is 18.1. The maximum Gasteiger partial charge on any atom is 0.0862 e. The minimum atomic E-state index is 0.931. The number of unbranched alkanes of at least 4 members (excludes halogenated alkanes) is 5. The fraction of sp³-hybridized carbons (Fsp3) is 0.429. The molecule has 0 bridgehead atoms. The highest BCUT2D eigenvalue weighted by Gasteiger charge is 2.13. The molecule has 2 heteroatoms. The van der Waals surface area contributed by atoms with E-state index in [4.69, 9.17) is 5.11 Å². The molecule has 0 fully saturated rings. The Hall–Kier alpha value is -3.00. The highest BCUT2D eigenvalue weighted by atomic mass is 15.1. The molecule has 3 aromatic rings. The first-order valence-electron chi connectivity index (χ1n) is 14.5. The summed E-state index contributed by atoms with van der Waals surface area (Å²) >= 11 is 0. The maximum absolute atomic E-state index is 4.72. The van der Waals surface area contributed by atoms with E-state index in [2.05, 4.69) is 98.7 Å². The van der Waals surface area contributed by atoms with E-state index in [1.165, 1.54) is 84.7 Å². The topological polar surface area (TPSA) is 24.7 Å². The summed E-state index contributed by atoms with van der Waals surface area (Å²) < 4.78 is 0. The van der Waals surface area contributed by atoms with E-state index >= 15 is 0 Å². The van der Waals surface area contributed by atoms with Gasteiger partial charge < -0.3 is 0 Å². The number of hydrogen-bond acceptors (Lipinski definition) is 2. The molecule has 0 unspecified atom stereocenters. The molecular weight excluding hydrogens is 448 g/mol. The number of rotatable bonds is 15. The summed E-state index contributed by atoms with van der Waals surface area (Å²) in [5.41, 5.74) is 10.0. The van der Waals surface area contributed by atoms with Crippen molar-refractivity contribution in [3.63, 3.8) is 0 Å². The minimum absolute atomic E-state index is 0.931. The highest BCUT2D eigenvalue weighted by Crippen LogP contribution is 2.34. The molecule has 0 amide bonds. The van der Waals surface area contributed by atoms with Crippen LogP contribution in [0.4, 0.5) is 5.69 Å². The van der Waals surface area contributed by atoms with Crippen molar-refractivity contribution >= 4 is 11.8 Å². The molecule has 0 saturated carbocycles. The molecule has 0 heterocycles. The van der Waals surface area contributed by atoms with Crippen LogP contribution in [0.2, 0.25) is 0 Å². The third-order valence-electron chi connectivity index (χ3n) is 6.92. The molecule has 196 valence electrons. The Balaban J connectivity index is 1.86. The zero-order valence-corrected chi connectivity index (χ0v) is 23.6. The van der Waals surface area contributed by atoms with Gasteiger partial charge >= 0.3 is 0 Å². The van der Waals surface area contributed by atoms with Crippen LogP contribution in [0.1, 0.15) is 101 Å². The first kappa shape index (κ1) is 28.6. The van der Waals surface area contributed by atoms with Crippen LogP contribution < -0.4 is 0 Å². The van der Waals surface area contributed by atoms with Crippen LogP contribution >= 0.6 is 0 Å². The van der Waals surface area contributed by atoms with Crippen molar-refractivity contribution in [2.75, 3.05) is 0 Å². The molecule has 3 aromatic carbocycles. The van der Waals surface area contributed by atoms with Crippen LogP contribution in [0.15, 0.2) is 82.7 Å². The number of azo groups is 1. The van der Waals surface area contributed by atoms with E-state index in [0.29, 0.717) is 0 Å². The second-order valence-corrected chi connectivity index (χ2v) is 10.3. The Kier molecular flexibility index (Phi) is 12.3. The smallest absolute Gasteiger partial charge is 0.0862 e. The Labute approximate surface area is 226 Å². The lowest BCUT2D eigenvalue weighted by molar-refractivity contribution is 0.667. The highest BCUT2D eigenvalue weighted by molar-refractivity contribution is 5.74. The third-order valence-corrected chi connectivity index (χ3v) is 6.92. The fourth-order valence-electron chi connectivity index (χ4n) is 4.91. The van der Waals surface area contributed by atoms with Gasteiger partial charge in [-0.05, 0) is 97.0 Å². The second-order valence-electron chi connectivity index (χ2n) is 10.3. The van der Waals surface area contributed by atoms with Crippen molar-refractivity contribution in [3.05, 3.63) is 94.7 Å². The zero-order valence-electron chi connectivity index (χ0n) is 23.6. The molecule has 2 nitrogen and oxygen atoms in total. The van der Waals surface area contributed by atoms with Crippen molar-refractivity contribution in [2.24, 2.45) is 10.2 Å². The van der Waals surface area contributed by atoms with Gasteiger partial charge in [0.2, 0.25) is 0 Å². The summed E-state index contributed by atoms with van der Waals surface area (Å²) in [5, 5.41) is 9.36. The number of hydrogen-bond donors (Lipinski definition) is 0. The maximum atomic E-state index is 4.72. The van der Waals surface area contributed by atoms with Gasteiger partial charge in [-0.1, -0.05) is 107 Å². The predicted molar refractivity (Wildman–Crippen MR) is 162 cm³/mol. The normalized spacial score (nSPS) is 11.9. The molecule has 0 N–H and O–H groups in total. The fourth-order valence-corrected chi connectivity index (χ4v) is 4.91. The Bertz CT molecular complexity index is 1110. The summed E-state index contributed by atoms with van der Waals surface area (Å²) in [4.78, 5) is 0. The molecule has 0 saturated heterocycles. The predicted octanol–water partition coefficient (Wildman–Crippen LogP) is 11.3. The van der Waals surface area contributed by atoms with Gasteiger partial charge in [-0.15, -0.1) is 0 Å². The summed E-state index contributed by atoms with van der Waals surface area (Å²) in [5.74, 6) is 0. The molecular formula is C35H46N2. The summed E-state index contributed by atoms with van der Waals surface area (Å²) in [6, 6.07) is 24.3. The SMILES string of the molecule is CCCCCCc1cccc(C=C(C)N=Nc2cc(CCCC)c(-c3ccccc3)c(CCCC)c2)c1. The molecule has 0 spiro atoms. The number of nitrogens with zero attached hydrogens (tertiary/aromatic N) is 2. The van der Waals surface area contributed by atoms with E-state index in [1.807, 2.05) is 6.92 Å². The molecule has 3 rings (SSSR count). The van der Waals surface area contributed by atoms with E-state index < -0.39 is 0 Å². The van der Waals surface area contributed by atoms with Gasteiger partial charge in [-0.25, -0.2) is 0 Å². The minimum Gasteiger partial charge on any atom is -0.155 e. The molecule has 0 aliphatic carbocycles. The summed E-state index contributed by atoms with van der Waals surface area (Å²) in [6.07, 6.45) is 15.4. The van der Waals surface area contributed by atoms with Crippen LogP contribution in [0.25, 0.3) is 17.2 Å². The molecule has 0 atom stereocenters. The van der Waals surface area contributed by atoms with Crippen LogP contribution in [-0.2, 0) is 19.3 Å². The average Bonchev–Trinajstić information content (AvgIpc) is 2.92. The second kappa shape index (κ2) is 16.0. The van der Waals surface area contributed by atoms with Crippen molar-refractivity contribution < 1.29 is 0 Å². The molecule has 0 aromatic heterocycles. The molecule has 0 aliphatic heterocycles. The van der Waals surface area contributed by atoms with Gasteiger partial charge in [0.05, 0.1) is 11.4 Å². The largest absolute Gasteiger partial charge is 0.155 e. The van der Waals surface area contributed by atoms with Gasteiger partial charge in [-0.3, -0.25) is 0 Å². The van der Waals surface area contributed by atoms with Gasteiger partial charge in [0.25, 0.3) is 0 Å². The Morgan fingerprint density at radius 2 is 1.35 bits per heavy atom. The summed E-state index contributed by atoms with van der Waals surface area (Å²) in [7, 11) is 0. The number of aryl methyl sites for hydroxylation is 3. The van der Waals surface area contributed by atoms with Crippen molar-refractivity contribution in [1.82, 2.24) is 0 Å². The first-order valence-corrected chi connectivity index (χ1v) is 14.5. The van der Waals surface area contributed by atoms with E-state index in [-0.39, 0.29) is 0 Å². The van der Waals surface area contributed by atoms with Gasteiger partial charge in [0.1, 0.15) is 0 Å². The molecule has 37 heavy (non-hydrogen) atoms. The van der Waals surface area contributed by atoms with Crippen LogP contribution in [-0.4, -0.2) is 0 Å². The molecule has 0 aliphatic rings. The van der Waals surface area contributed by atoms with Crippen molar-refractivity contribution in [3.8, 4) is 11.1 Å². The van der Waals surface area contributed by atoms with Gasteiger partial charge in [-0.2, -0.15) is 10.2 Å². The average molecular weight is 495 g/mol. The zero-order chi connectivity index (χ0) is 26.3. The Morgan fingerprint density at radius 3 is 2.00 bits per heavy atom. The van der Waals surface area contributed by atoms with Gasteiger partial charge in [0, 0.05) is 0 Å². The summed E-state index contributed by atoms with van der Waals surface area (Å²) in [6.45, 7) is 8.83. The Morgan fingerprint density at radius 1 is 0.676 bits per heavy atom. The standard InChI is InChI=1S/C35H46N2/c1-5-8-11-13-17-29-18-16-19-30(25-29)24-28(4)36-37-34-26-32(20-9-6-2)35(31-22-14-12-15-23-31)33(27-34)21-10-7-3/h12,14-16,18-19,22-27H,5-11,13,17,20-21H2,1-4H3. The lowest BCUT2D eigenvalue weighted by Gasteiger charge is -2.16. The lowest BCUT2D eigenvalue weighted by Crippen LogP contribution is -1.97. The van der Waals surface area contributed by atoms with Crippen molar-refractivity contribution in [1.29, 1.82) is 0 Å². The quantitative estimate of drug-likeness (QED) is 0.148. The molecule has 0 radical (unpaired) electrons. The van der Waals surface area contributed by atoms with Crippen molar-refractivity contribution in [2.45, 2.75) is 98.3 Å². The van der Waals surface area contributed by atoms with Gasteiger partial charge in [0.15, 0.2) is 0 Å². The monoisotopic (exact) mass is 494 g/mol.